The minimum absolute atomic E-state index is 0.0254. The van der Waals surface area contributed by atoms with E-state index in [0.29, 0.717) is 5.56 Å². The van der Waals surface area contributed by atoms with Crippen LogP contribution in [0.25, 0.3) is 0 Å². The first kappa shape index (κ1) is 20.1. The third-order valence-electron chi connectivity index (χ3n) is 2.96. The van der Waals surface area contributed by atoms with Crippen molar-refractivity contribution in [2.75, 3.05) is 0 Å². The second kappa shape index (κ2) is 8.75. The van der Waals surface area contributed by atoms with Crippen LogP contribution in [0.5, 0.6) is 5.75 Å². The lowest BCUT2D eigenvalue weighted by molar-refractivity contribution is -0.0499. The standard InChI is InChI=1S/C15H21F4NO2S/c1-15(2,3)23(21)20-12(7-8-13(16)17)10-5-4-6-11(9-10)22-14(18)19/h4-6,9,12-14,20H,7-8H2,1-3H3. The summed E-state index contributed by atoms with van der Waals surface area (Å²) in [6.45, 7) is 2.27. The van der Waals surface area contributed by atoms with Crippen LogP contribution in [0.15, 0.2) is 24.3 Å². The van der Waals surface area contributed by atoms with E-state index in [0.717, 1.165) is 0 Å². The van der Waals surface area contributed by atoms with Crippen LogP contribution < -0.4 is 9.46 Å². The molecule has 1 N–H and O–H groups in total. The normalized spacial score (nSPS) is 15.0. The lowest BCUT2D eigenvalue weighted by atomic mass is 10.0. The molecule has 0 bridgehead atoms. The molecule has 3 nitrogen and oxygen atoms in total. The largest absolute Gasteiger partial charge is 0.598 e. The Balaban J connectivity index is 2.94. The van der Waals surface area contributed by atoms with E-state index in [1.54, 1.807) is 26.8 Å². The van der Waals surface area contributed by atoms with Gasteiger partial charge >= 0.3 is 6.61 Å². The molecule has 8 heteroatoms. The molecule has 0 aromatic heterocycles. The molecule has 0 aliphatic rings. The van der Waals surface area contributed by atoms with Crippen molar-refractivity contribution in [3.8, 4) is 5.75 Å². The van der Waals surface area contributed by atoms with Gasteiger partial charge in [0.05, 0.1) is 6.04 Å². The second-order valence-corrected chi connectivity index (χ2v) is 7.97. The zero-order chi connectivity index (χ0) is 17.6. The first-order valence-electron chi connectivity index (χ1n) is 7.10. The third kappa shape index (κ3) is 7.41. The topological polar surface area (TPSA) is 44.3 Å². The summed E-state index contributed by atoms with van der Waals surface area (Å²) in [5, 5.41) is 0. The van der Waals surface area contributed by atoms with Gasteiger partial charge in [-0.3, -0.25) is 0 Å². The maximum atomic E-state index is 12.5. The first-order chi connectivity index (χ1) is 10.6. The summed E-state index contributed by atoms with van der Waals surface area (Å²) in [5.41, 5.74) is 0.474. The summed E-state index contributed by atoms with van der Waals surface area (Å²) in [7, 11) is 0. The summed E-state index contributed by atoms with van der Waals surface area (Å²) >= 11 is -1.48. The molecule has 2 unspecified atom stereocenters. The van der Waals surface area contributed by atoms with E-state index >= 15 is 0 Å². The fraction of sp³-hybridized carbons (Fsp3) is 0.600. The summed E-state index contributed by atoms with van der Waals surface area (Å²) < 4.78 is 68.3. The Morgan fingerprint density at radius 2 is 1.83 bits per heavy atom. The molecule has 1 aromatic carbocycles. The number of nitrogens with one attached hydrogen (secondary N) is 1. The minimum Gasteiger partial charge on any atom is -0.598 e. The van der Waals surface area contributed by atoms with E-state index < -0.39 is 35.2 Å². The van der Waals surface area contributed by atoms with Gasteiger partial charge in [0.2, 0.25) is 6.43 Å². The van der Waals surface area contributed by atoms with Crippen molar-refractivity contribution in [1.29, 1.82) is 0 Å². The predicted octanol–water partition coefficient (Wildman–Crippen LogP) is 4.43. The summed E-state index contributed by atoms with van der Waals surface area (Å²) in [6.07, 6.45) is -2.86. The fourth-order valence-corrected chi connectivity index (χ4v) is 2.67. The van der Waals surface area contributed by atoms with Crippen LogP contribution in [0.1, 0.15) is 45.2 Å². The number of hydrogen-bond acceptors (Lipinski definition) is 3. The van der Waals surface area contributed by atoms with Crippen LogP contribution >= 0.6 is 0 Å². The first-order valence-corrected chi connectivity index (χ1v) is 8.25. The predicted molar refractivity (Wildman–Crippen MR) is 82.1 cm³/mol. The monoisotopic (exact) mass is 355 g/mol. The van der Waals surface area contributed by atoms with E-state index in [1.165, 1.54) is 18.2 Å². The number of hydrogen-bond donors (Lipinski definition) is 1. The lowest BCUT2D eigenvalue weighted by Gasteiger charge is -2.28. The molecule has 1 rings (SSSR count). The van der Waals surface area contributed by atoms with Gasteiger partial charge in [-0.05, 0) is 44.9 Å². The Hall–Kier alpha value is -0.990. The number of ether oxygens (including phenoxy) is 1. The van der Waals surface area contributed by atoms with Crippen molar-refractivity contribution in [3.63, 3.8) is 0 Å². The quantitative estimate of drug-likeness (QED) is 0.554. The fourth-order valence-electron chi connectivity index (χ4n) is 1.80. The third-order valence-corrected chi connectivity index (χ3v) is 4.58. The highest BCUT2D eigenvalue weighted by molar-refractivity contribution is 7.90. The van der Waals surface area contributed by atoms with Gasteiger partial charge < -0.3 is 9.29 Å². The van der Waals surface area contributed by atoms with Gasteiger partial charge in [0, 0.05) is 17.8 Å². The molecule has 0 heterocycles. The Morgan fingerprint density at radius 1 is 1.17 bits per heavy atom. The van der Waals surface area contributed by atoms with Gasteiger partial charge in [0.1, 0.15) is 10.5 Å². The second-order valence-electron chi connectivity index (χ2n) is 5.97. The number of halogens is 4. The highest BCUT2D eigenvalue weighted by Crippen LogP contribution is 2.27. The van der Waals surface area contributed by atoms with E-state index in [-0.39, 0.29) is 18.6 Å². The average molecular weight is 355 g/mol. The van der Waals surface area contributed by atoms with Gasteiger partial charge in [-0.25, -0.2) is 8.78 Å². The minimum atomic E-state index is -2.97. The smallest absolute Gasteiger partial charge is 0.387 e. The number of alkyl halides is 4. The molecule has 0 spiro atoms. The van der Waals surface area contributed by atoms with Gasteiger partial charge in [-0.1, -0.05) is 12.1 Å². The van der Waals surface area contributed by atoms with Gasteiger partial charge in [-0.15, -0.1) is 4.72 Å². The van der Waals surface area contributed by atoms with Crippen LogP contribution in [-0.4, -0.2) is 22.3 Å². The molecule has 0 aliphatic heterocycles. The van der Waals surface area contributed by atoms with Crippen molar-refractivity contribution >= 4 is 11.4 Å². The van der Waals surface area contributed by atoms with Crippen molar-refractivity contribution in [2.24, 2.45) is 0 Å². The highest BCUT2D eigenvalue weighted by Gasteiger charge is 2.30. The van der Waals surface area contributed by atoms with Crippen molar-refractivity contribution < 1.29 is 26.9 Å². The summed E-state index contributed by atoms with van der Waals surface area (Å²) in [4.78, 5) is 0. The van der Waals surface area contributed by atoms with Crippen LogP contribution in [0, 0.1) is 0 Å². The molecule has 0 fully saturated rings. The number of benzene rings is 1. The Bertz CT molecular complexity index is 483. The van der Waals surface area contributed by atoms with Crippen molar-refractivity contribution in [1.82, 2.24) is 4.72 Å². The molecule has 2 atom stereocenters. The molecule has 1 aromatic rings. The maximum absolute atomic E-state index is 12.5. The molecule has 132 valence electrons. The zero-order valence-corrected chi connectivity index (χ0v) is 14.0. The van der Waals surface area contributed by atoms with E-state index in [2.05, 4.69) is 9.46 Å². The maximum Gasteiger partial charge on any atom is 0.387 e. The van der Waals surface area contributed by atoms with Gasteiger partial charge in [0.25, 0.3) is 0 Å². The van der Waals surface area contributed by atoms with Crippen LogP contribution in [-0.2, 0) is 11.4 Å². The highest BCUT2D eigenvalue weighted by atomic mass is 32.2. The van der Waals surface area contributed by atoms with E-state index in [1.807, 2.05) is 0 Å². The summed E-state index contributed by atoms with van der Waals surface area (Å²) in [6, 6.07) is 5.13. The Morgan fingerprint density at radius 3 is 2.35 bits per heavy atom. The number of rotatable bonds is 8. The molecule has 0 radical (unpaired) electrons. The molecule has 0 amide bonds. The van der Waals surface area contributed by atoms with E-state index in [9.17, 15) is 22.1 Å². The Labute approximate surface area is 136 Å². The lowest BCUT2D eigenvalue weighted by Crippen LogP contribution is -2.41. The van der Waals surface area contributed by atoms with Crippen LogP contribution in [0.2, 0.25) is 0 Å². The average Bonchev–Trinajstić information content (AvgIpc) is 2.41. The van der Waals surface area contributed by atoms with Crippen molar-refractivity contribution in [3.05, 3.63) is 29.8 Å². The SMILES string of the molecule is CC(C)(C)[S+]([O-])NC(CCC(F)F)c1cccc(OC(F)F)c1. The molecule has 0 saturated heterocycles. The molecule has 0 aliphatic carbocycles. The van der Waals surface area contributed by atoms with Gasteiger partial charge in [0.15, 0.2) is 0 Å². The summed E-state index contributed by atoms with van der Waals surface area (Å²) in [5.74, 6) is -0.0668. The van der Waals surface area contributed by atoms with Crippen LogP contribution in [0.4, 0.5) is 17.6 Å². The molecular formula is C15H21F4NO2S. The zero-order valence-electron chi connectivity index (χ0n) is 13.2. The Kier molecular flexibility index (Phi) is 7.63. The van der Waals surface area contributed by atoms with Crippen LogP contribution in [0.3, 0.4) is 0 Å². The van der Waals surface area contributed by atoms with E-state index in [4.69, 9.17) is 0 Å². The molecular weight excluding hydrogens is 334 g/mol. The van der Waals surface area contributed by atoms with Crippen molar-refractivity contribution in [2.45, 2.75) is 57.4 Å². The molecule has 0 saturated carbocycles. The van der Waals surface area contributed by atoms with Gasteiger partial charge in [-0.2, -0.15) is 8.78 Å². The molecule has 23 heavy (non-hydrogen) atoms.